The molecule has 6 nitrogen and oxygen atoms in total. The lowest BCUT2D eigenvalue weighted by Gasteiger charge is -2.24. The van der Waals surface area contributed by atoms with Gasteiger partial charge in [-0.1, -0.05) is 65.2 Å². The van der Waals surface area contributed by atoms with Crippen molar-refractivity contribution in [1.82, 2.24) is 15.5 Å². The van der Waals surface area contributed by atoms with Crippen LogP contribution in [0.4, 0.5) is 6.01 Å². The molecule has 2 aromatic carbocycles. The van der Waals surface area contributed by atoms with E-state index in [1.807, 2.05) is 48.5 Å². The molecule has 0 unspecified atom stereocenters. The van der Waals surface area contributed by atoms with Crippen molar-refractivity contribution in [2.45, 2.75) is 31.7 Å². The number of carbonyl (C=O) groups is 1. The summed E-state index contributed by atoms with van der Waals surface area (Å²) in [5.74, 6) is 0.217. The average molecular weight is 411 g/mol. The fourth-order valence-electron chi connectivity index (χ4n) is 3.52. The predicted molar refractivity (Wildman–Crippen MR) is 112 cm³/mol. The second-order valence-corrected chi connectivity index (χ2v) is 7.56. The van der Waals surface area contributed by atoms with E-state index in [1.54, 1.807) is 6.07 Å². The van der Waals surface area contributed by atoms with Crippen LogP contribution in [0.2, 0.25) is 5.02 Å². The third kappa shape index (κ3) is 4.77. The second-order valence-electron chi connectivity index (χ2n) is 7.15. The first kappa shape index (κ1) is 19.5. The number of halogens is 1. The molecule has 0 radical (unpaired) electrons. The van der Waals surface area contributed by atoms with Crippen molar-refractivity contribution < 1.29 is 9.21 Å². The molecule has 1 aromatic heterocycles. The van der Waals surface area contributed by atoms with Crippen molar-refractivity contribution in [3.8, 4) is 0 Å². The first-order valence-corrected chi connectivity index (χ1v) is 10.2. The molecular weight excluding hydrogens is 388 g/mol. The Hall–Kier alpha value is -2.86. The van der Waals surface area contributed by atoms with E-state index >= 15 is 0 Å². The lowest BCUT2D eigenvalue weighted by atomic mass is 10.1. The summed E-state index contributed by atoms with van der Waals surface area (Å²) in [6.45, 7) is 1.83. The molecule has 1 aliphatic heterocycles. The van der Waals surface area contributed by atoms with Crippen LogP contribution in [0.3, 0.4) is 0 Å². The second kappa shape index (κ2) is 9.09. The van der Waals surface area contributed by atoms with Crippen LogP contribution in [0.15, 0.2) is 59.0 Å². The summed E-state index contributed by atoms with van der Waals surface area (Å²) in [5.41, 5.74) is 1.66. The van der Waals surface area contributed by atoms with E-state index in [4.69, 9.17) is 16.0 Å². The van der Waals surface area contributed by atoms with Gasteiger partial charge in [-0.15, -0.1) is 5.10 Å². The lowest BCUT2D eigenvalue weighted by molar-refractivity contribution is -0.121. The normalized spacial score (nSPS) is 15.1. The number of piperidine rings is 1. The molecule has 0 spiro atoms. The number of anilines is 1. The first-order valence-electron chi connectivity index (χ1n) is 9.87. The summed E-state index contributed by atoms with van der Waals surface area (Å²) in [5, 5.41) is 12.1. The molecule has 0 bridgehead atoms. The molecular formula is C22H23ClN4O2. The number of carbonyl (C=O) groups excluding carboxylic acids is 1. The Bertz CT molecular complexity index is 954. The lowest BCUT2D eigenvalue weighted by Crippen LogP contribution is -2.31. The fourth-order valence-corrected chi connectivity index (χ4v) is 3.72. The van der Waals surface area contributed by atoms with E-state index in [0.717, 1.165) is 37.1 Å². The third-order valence-corrected chi connectivity index (χ3v) is 5.42. The van der Waals surface area contributed by atoms with Crippen LogP contribution in [0.25, 0.3) is 0 Å². The number of amides is 1. The zero-order valence-corrected chi connectivity index (χ0v) is 16.8. The highest BCUT2D eigenvalue weighted by Gasteiger charge is 2.25. The largest absolute Gasteiger partial charge is 0.405 e. The highest BCUT2D eigenvalue weighted by atomic mass is 35.5. The van der Waals surface area contributed by atoms with Crippen molar-refractivity contribution in [2.24, 2.45) is 0 Å². The number of benzene rings is 2. The van der Waals surface area contributed by atoms with Crippen molar-refractivity contribution >= 4 is 23.5 Å². The van der Waals surface area contributed by atoms with Crippen LogP contribution in [-0.4, -0.2) is 29.2 Å². The third-order valence-electron chi connectivity index (χ3n) is 5.05. The van der Waals surface area contributed by atoms with Gasteiger partial charge in [0.25, 0.3) is 0 Å². The predicted octanol–water partition coefficient (Wildman–Crippen LogP) is 4.16. The molecule has 1 saturated heterocycles. The van der Waals surface area contributed by atoms with Gasteiger partial charge in [0.1, 0.15) is 6.04 Å². The van der Waals surface area contributed by atoms with Crippen molar-refractivity contribution in [3.05, 3.63) is 76.6 Å². The van der Waals surface area contributed by atoms with Gasteiger partial charge < -0.3 is 14.6 Å². The van der Waals surface area contributed by atoms with Crippen LogP contribution >= 0.6 is 11.6 Å². The molecule has 29 heavy (non-hydrogen) atoms. The monoisotopic (exact) mass is 410 g/mol. The molecule has 0 saturated carbocycles. The molecule has 7 heteroatoms. The molecule has 1 amide bonds. The highest BCUT2D eigenvalue weighted by Crippen LogP contribution is 2.26. The number of aromatic nitrogens is 2. The van der Waals surface area contributed by atoms with E-state index in [0.29, 0.717) is 16.9 Å². The molecule has 1 atom stereocenters. The number of nitrogens with one attached hydrogen (secondary N) is 1. The molecule has 1 aliphatic rings. The number of hydrogen-bond acceptors (Lipinski definition) is 5. The Morgan fingerprint density at radius 1 is 1.03 bits per heavy atom. The van der Waals surface area contributed by atoms with E-state index in [9.17, 15) is 4.79 Å². The minimum Gasteiger partial charge on any atom is -0.405 e. The van der Waals surface area contributed by atoms with Crippen LogP contribution in [0, 0.1) is 0 Å². The minimum atomic E-state index is -0.516. The van der Waals surface area contributed by atoms with Crippen LogP contribution < -0.4 is 10.2 Å². The Balaban J connectivity index is 1.55. The SMILES string of the molecule is O=C(Cc1ccccc1Cl)N[C@@H](c1ccccc1)c1nnc(N2CCCCC2)o1. The fraction of sp³-hybridized carbons (Fsp3) is 0.318. The molecule has 0 aliphatic carbocycles. The van der Waals surface area contributed by atoms with E-state index in [-0.39, 0.29) is 12.3 Å². The zero-order chi connectivity index (χ0) is 20.1. The smallest absolute Gasteiger partial charge is 0.318 e. The standard InChI is InChI=1S/C22H23ClN4O2/c23-18-12-6-5-11-17(18)15-19(28)24-20(16-9-3-1-4-10-16)21-25-26-22(29-21)27-13-7-2-8-14-27/h1,3-6,9-12,20H,2,7-8,13-15H2,(H,24,28)/t20-/m0/s1. The highest BCUT2D eigenvalue weighted by molar-refractivity contribution is 6.31. The summed E-state index contributed by atoms with van der Waals surface area (Å²) in [4.78, 5) is 14.9. The first-order chi connectivity index (χ1) is 14.2. The van der Waals surface area contributed by atoms with Crippen LogP contribution in [0.1, 0.15) is 42.3 Å². The maximum absolute atomic E-state index is 12.8. The summed E-state index contributed by atoms with van der Waals surface area (Å²) in [6, 6.07) is 17.0. The molecule has 2 heterocycles. The zero-order valence-electron chi connectivity index (χ0n) is 16.1. The maximum atomic E-state index is 12.8. The Kier molecular flexibility index (Phi) is 6.10. The molecule has 4 rings (SSSR count). The van der Waals surface area contributed by atoms with Crippen molar-refractivity contribution in [1.29, 1.82) is 0 Å². The molecule has 3 aromatic rings. The van der Waals surface area contributed by atoms with Gasteiger partial charge in [0, 0.05) is 18.1 Å². The minimum absolute atomic E-state index is 0.162. The molecule has 1 fully saturated rings. The van der Waals surface area contributed by atoms with Gasteiger partial charge in [-0.05, 0) is 36.5 Å². The quantitative estimate of drug-likeness (QED) is 0.660. The Labute approximate surface area is 174 Å². The van der Waals surface area contributed by atoms with Crippen molar-refractivity contribution in [3.63, 3.8) is 0 Å². The molecule has 1 N–H and O–H groups in total. The van der Waals surface area contributed by atoms with Gasteiger partial charge in [0.15, 0.2) is 0 Å². The summed E-state index contributed by atoms with van der Waals surface area (Å²) in [6.07, 6.45) is 3.64. The van der Waals surface area contributed by atoms with Gasteiger partial charge in [-0.25, -0.2) is 0 Å². The Morgan fingerprint density at radius 3 is 2.52 bits per heavy atom. The average Bonchev–Trinajstić information content (AvgIpc) is 3.25. The van der Waals surface area contributed by atoms with Gasteiger partial charge in [0.05, 0.1) is 6.42 Å². The Morgan fingerprint density at radius 2 is 1.76 bits per heavy atom. The van der Waals surface area contributed by atoms with E-state index < -0.39 is 6.04 Å². The van der Waals surface area contributed by atoms with Gasteiger partial charge in [-0.2, -0.15) is 0 Å². The van der Waals surface area contributed by atoms with Gasteiger partial charge in [-0.3, -0.25) is 4.79 Å². The number of hydrogen-bond donors (Lipinski definition) is 1. The molecule has 150 valence electrons. The van der Waals surface area contributed by atoms with Crippen molar-refractivity contribution in [2.75, 3.05) is 18.0 Å². The summed E-state index contributed by atoms with van der Waals surface area (Å²) < 4.78 is 5.98. The van der Waals surface area contributed by atoms with Gasteiger partial charge in [0.2, 0.25) is 11.8 Å². The topological polar surface area (TPSA) is 71.3 Å². The number of nitrogens with zero attached hydrogens (tertiary/aromatic N) is 3. The van der Waals surface area contributed by atoms with E-state index in [2.05, 4.69) is 20.4 Å². The van der Waals surface area contributed by atoms with E-state index in [1.165, 1.54) is 6.42 Å². The number of rotatable bonds is 6. The van der Waals surface area contributed by atoms with Gasteiger partial charge >= 0.3 is 6.01 Å². The van der Waals surface area contributed by atoms with Crippen LogP contribution in [-0.2, 0) is 11.2 Å². The summed E-state index contributed by atoms with van der Waals surface area (Å²) >= 11 is 6.20. The maximum Gasteiger partial charge on any atom is 0.318 e. The summed E-state index contributed by atoms with van der Waals surface area (Å²) in [7, 11) is 0. The van der Waals surface area contributed by atoms with Crippen LogP contribution in [0.5, 0.6) is 0 Å².